The second-order valence-electron chi connectivity index (χ2n) is 8.50. The Bertz CT molecular complexity index is 815. The van der Waals surface area contributed by atoms with Gasteiger partial charge in [0.25, 0.3) is 0 Å². The van der Waals surface area contributed by atoms with Crippen LogP contribution in [0.4, 0.5) is 8.78 Å². The van der Waals surface area contributed by atoms with Gasteiger partial charge in [0.2, 0.25) is 0 Å². The highest BCUT2D eigenvalue weighted by Crippen LogP contribution is 2.36. The molecule has 3 rings (SSSR count). The summed E-state index contributed by atoms with van der Waals surface area (Å²) in [5.41, 5.74) is 0.428. The van der Waals surface area contributed by atoms with E-state index in [2.05, 4.69) is 6.92 Å². The summed E-state index contributed by atoms with van der Waals surface area (Å²) in [5.74, 6) is -0.0744. The predicted molar refractivity (Wildman–Crippen MR) is 115 cm³/mol. The van der Waals surface area contributed by atoms with Gasteiger partial charge in [0.05, 0.1) is 0 Å². The molecule has 0 bridgehead atoms. The summed E-state index contributed by atoms with van der Waals surface area (Å²) in [6.07, 6.45) is 10.7. The molecule has 0 radical (unpaired) electrons. The third-order valence-electron chi connectivity index (χ3n) is 6.35. The SMILES string of the molecule is CCCC[C@H]1CC[C@H](CCC(Oc2cc(F)c(C#N)c(F)c2)c2ccccc2)CC1. The summed E-state index contributed by atoms with van der Waals surface area (Å²) in [4.78, 5) is 0. The van der Waals surface area contributed by atoms with Gasteiger partial charge in [-0.2, -0.15) is 5.26 Å². The lowest BCUT2D eigenvalue weighted by Crippen LogP contribution is -2.17. The van der Waals surface area contributed by atoms with Crippen molar-refractivity contribution in [2.45, 2.75) is 70.8 Å². The largest absolute Gasteiger partial charge is 0.486 e. The number of unbranched alkanes of at least 4 members (excludes halogenated alkanes) is 1. The summed E-state index contributed by atoms with van der Waals surface area (Å²) in [7, 11) is 0. The van der Waals surface area contributed by atoms with Crippen LogP contribution in [0.15, 0.2) is 42.5 Å². The van der Waals surface area contributed by atoms with E-state index in [1.165, 1.54) is 44.9 Å². The Morgan fingerprint density at radius 2 is 1.60 bits per heavy atom. The number of nitriles is 1. The molecule has 0 heterocycles. The van der Waals surface area contributed by atoms with E-state index in [1.807, 2.05) is 30.3 Å². The zero-order valence-corrected chi connectivity index (χ0v) is 17.7. The van der Waals surface area contributed by atoms with Crippen molar-refractivity contribution < 1.29 is 13.5 Å². The van der Waals surface area contributed by atoms with Gasteiger partial charge in [-0.25, -0.2) is 8.78 Å². The average Bonchev–Trinajstić information content (AvgIpc) is 2.76. The van der Waals surface area contributed by atoms with E-state index in [9.17, 15) is 8.78 Å². The minimum atomic E-state index is -0.885. The molecule has 160 valence electrons. The molecule has 0 aromatic heterocycles. The molecule has 1 fully saturated rings. The molecule has 1 unspecified atom stereocenters. The van der Waals surface area contributed by atoms with Crippen LogP contribution < -0.4 is 4.74 Å². The number of hydrogen-bond acceptors (Lipinski definition) is 2. The molecular weight excluding hydrogens is 380 g/mol. The monoisotopic (exact) mass is 411 g/mol. The van der Waals surface area contributed by atoms with Crippen LogP contribution in [0.1, 0.15) is 81.9 Å². The normalized spacial score (nSPS) is 19.8. The Hall–Kier alpha value is -2.41. The number of halogens is 2. The van der Waals surface area contributed by atoms with E-state index >= 15 is 0 Å². The van der Waals surface area contributed by atoms with Gasteiger partial charge in [-0.15, -0.1) is 0 Å². The van der Waals surface area contributed by atoms with Gasteiger partial charge in [0, 0.05) is 12.1 Å². The molecule has 4 heteroatoms. The van der Waals surface area contributed by atoms with Crippen molar-refractivity contribution in [3.8, 4) is 11.8 Å². The molecular formula is C26H31F2NO. The zero-order chi connectivity index (χ0) is 21.3. The van der Waals surface area contributed by atoms with E-state index in [4.69, 9.17) is 10.00 Å². The van der Waals surface area contributed by atoms with Crippen molar-refractivity contribution in [1.82, 2.24) is 0 Å². The maximum Gasteiger partial charge on any atom is 0.147 e. The van der Waals surface area contributed by atoms with E-state index in [0.717, 1.165) is 36.5 Å². The first kappa shape index (κ1) is 22.3. The molecule has 0 aliphatic heterocycles. The molecule has 2 nitrogen and oxygen atoms in total. The van der Waals surface area contributed by atoms with Crippen molar-refractivity contribution in [2.75, 3.05) is 0 Å². The minimum absolute atomic E-state index is 0.126. The van der Waals surface area contributed by atoms with Gasteiger partial charge < -0.3 is 4.74 Å². The molecule has 2 aromatic carbocycles. The summed E-state index contributed by atoms with van der Waals surface area (Å²) in [6.45, 7) is 2.25. The Balaban J connectivity index is 1.64. The van der Waals surface area contributed by atoms with Crippen molar-refractivity contribution in [2.24, 2.45) is 11.8 Å². The molecule has 1 atom stereocenters. The van der Waals surface area contributed by atoms with Crippen LogP contribution in [0, 0.1) is 34.8 Å². The molecule has 1 aliphatic rings. The number of nitrogens with zero attached hydrogens (tertiary/aromatic N) is 1. The Labute approximate surface area is 178 Å². The smallest absolute Gasteiger partial charge is 0.147 e. The Morgan fingerprint density at radius 3 is 2.17 bits per heavy atom. The van der Waals surface area contributed by atoms with E-state index in [-0.39, 0.29) is 11.9 Å². The van der Waals surface area contributed by atoms with Crippen LogP contribution >= 0.6 is 0 Å². The fraction of sp³-hybridized carbons (Fsp3) is 0.500. The molecule has 30 heavy (non-hydrogen) atoms. The second kappa shape index (κ2) is 11.1. The maximum absolute atomic E-state index is 14.0. The van der Waals surface area contributed by atoms with Crippen molar-refractivity contribution in [1.29, 1.82) is 5.26 Å². The molecule has 1 aliphatic carbocycles. The van der Waals surface area contributed by atoms with Crippen LogP contribution in [0.2, 0.25) is 0 Å². The second-order valence-corrected chi connectivity index (χ2v) is 8.50. The van der Waals surface area contributed by atoms with E-state index < -0.39 is 17.2 Å². The summed E-state index contributed by atoms with van der Waals surface area (Å²) in [5, 5.41) is 8.87. The minimum Gasteiger partial charge on any atom is -0.486 e. The third kappa shape index (κ3) is 6.05. The molecule has 2 aromatic rings. The van der Waals surface area contributed by atoms with E-state index in [1.54, 1.807) is 6.07 Å². The van der Waals surface area contributed by atoms with Crippen LogP contribution in [0.5, 0.6) is 5.75 Å². The first-order valence-electron chi connectivity index (χ1n) is 11.2. The number of rotatable bonds is 9. The number of ether oxygens (including phenoxy) is 1. The van der Waals surface area contributed by atoms with Crippen LogP contribution in [-0.2, 0) is 0 Å². The Kier molecular flexibility index (Phi) is 8.25. The third-order valence-corrected chi connectivity index (χ3v) is 6.35. The molecule has 0 spiro atoms. The van der Waals surface area contributed by atoms with Crippen LogP contribution in [-0.4, -0.2) is 0 Å². The van der Waals surface area contributed by atoms with Gasteiger partial charge in [-0.05, 0) is 30.2 Å². The lowest BCUT2D eigenvalue weighted by atomic mass is 9.77. The first-order valence-corrected chi connectivity index (χ1v) is 11.2. The molecule has 0 amide bonds. The Morgan fingerprint density at radius 1 is 1.00 bits per heavy atom. The number of benzene rings is 2. The highest BCUT2D eigenvalue weighted by Gasteiger charge is 2.23. The van der Waals surface area contributed by atoms with Gasteiger partial charge in [0.1, 0.15) is 35.1 Å². The molecule has 0 N–H and O–H groups in total. The van der Waals surface area contributed by atoms with Crippen LogP contribution in [0.3, 0.4) is 0 Å². The van der Waals surface area contributed by atoms with E-state index in [0.29, 0.717) is 5.92 Å². The summed E-state index contributed by atoms with van der Waals surface area (Å²) >= 11 is 0. The zero-order valence-electron chi connectivity index (χ0n) is 17.7. The number of hydrogen-bond donors (Lipinski definition) is 0. The first-order chi connectivity index (χ1) is 14.6. The van der Waals surface area contributed by atoms with Gasteiger partial charge in [-0.1, -0.05) is 82.2 Å². The fourth-order valence-electron chi connectivity index (χ4n) is 4.54. The lowest BCUT2D eigenvalue weighted by Gasteiger charge is -2.30. The molecule has 1 saturated carbocycles. The highest BCUT2D eigenvalue weighted by molar-refractivity contribution is 5.38. The van der Waals surface area contributed by atoms with Gasteiger partial charge in [-0.3, -0.25) is 0 Å². The van der Waals surface area contributed by atoms with Crippen LogP contribution in [0.25, 0.3) is 0 Å². The highest BCUT2D eigenvalue weighted by atomic mass is 19.1. The topological polar surface area (TPSA) is 33.0 Å². The van der Waals surface area contributed by atoms with Crippen molar-refractivity contribution >= 4 is 0 Å². The van der Waals surface area contributed by atoms with Crippen molar-refractivity contribution in [3.63, 3.8) is 0 Å². The average molecular weight is 412 g/mol. The molecule has 0 saturated heterocycles. The fourth-order valence-corrected chi connectivity index (χ4v) is 4.54. The quantitative estimate of drug-likeness (QED) is 0.423. The van der Waals surface area contributed by atoms with Gasteiger partial charge in [0.15, 0.2) is 0 Å². The standard InChI is InChI=1S/C26H31F2NO/c1-2-3-7-19-10-12-20(13-11-19)14-15-26(21-8-5-4-6-9-21)30-22-16-24(27)23(18-29)25(28)17-22/h4-6,8-9,16-17,19-20,26H,2-3,7,10-15H2,1H3/t19-,20-,26?. The summed E-state index contributed by atoms with van der Waals surface area (Å²) < 4.78 is 34.1. The summed E-state index contributed by atoms with van der Waals surface area (Å²) in [6, 6.07) is 13.6. The lowest BCUT2D eigenvalue weighted by molar-refractivity contribution is 0.166. The van der Waals surface area contributed by atoms with Gasteiger partial charge >= 0.3 is 0 Å². The predicted octanol–water partition coefficient (Wildman–Crippen LogP) is 7.73. The van der Waals surface area contributed by atoms with Crippen molar-refractivity contribution in [3.05, 3.63) is 65.2 Å². The maximum atomic E-state index is 14.0.